The minimum Gasteiger partial charge on any atom is -0.459 e. The molecule has 2 heterocycles. The lowest BCUT2D eigenvalue weighted by molar-refractivity contribution is 0.527. The predicted molar refractivity (Wildman–Crippen MR) is 83.3 cm³/mol. The molecule has 0 saturated carbocycles. The second-order valence-electron chi connectivity index (χ2n) is 5.62. The zero-order valence-electron chi connectivity index (χ0n) is 11.5. The quantitative estimate of drug-likeness (QED) is 0.760. The van der Waals surface area contributed by atoms with Crippen molar-refractivity contribution in [3.05, 3.63) is 57.0 Å². The van der Waals surface area contributed by atoms with E-state index in [0.717, 1.165) is 16.7 Å². The van der Waals surface area contributed by atoms with Crippen LogP contribution in [0.3, 0.4) is 0 Å². The maximum atomic E-state index is 6.40. The van der Waals surface area contributed by atoms with Crippen molar-refractivity contribution in [2.24, 2.45) is 5.73 Å². The Bertz CT molecular complexity index is 762. The molecule has 0 fully saturated rings. The van der Waals surface area contributed by atoms with Gasteiger partial charge in [-0.2, -0.15) is 0 Å². The third-order valence-corrected chi connectivity index (χ3v) is 5.39. The Morgan fingerprint density at radius 2 is 2.10 bits per heavy atom. The molecule has 3 heteroatoms. The molecule has 0 saturated heterocycles. The fraction of sp³-hybridized carbons (Fsp3) is 0.294. The van der Waals surface area contributed by atoms with Crippen LogP contribution in [-0.2, 0) is 12.8 Å². The molecule has 0 amide bonds. The predicted octanol–water partition coefficient (Wildman–Crippen LogP) is 4.34. The number of aryl methyl sites for hydroxylation is 3. The average molecular weight is 283 g/mol. The van der Waals surface area contributed by atoms with Crippen LogP contribution in [0.5, 0.6) is 0 Å². The lowest BCUT2D eigenvalue weighted by atomic mass is 10.1. The zero-order valence-corrected chi connectivity index (χ0v) is 12.3. The third-order valence-electron chi connectivity index (χ3n) is 4.07. The Labute approximate surface area is 122 Å². The zero-order chi connectivity index (χ0) is 13.7. The molecule has 102 valence electrons. The van der Waals surface area contributed by atoms with Crippen LogP contribution in [0.25, 0.3) is 11.0 Å². The molecule has 0 spiro atoms. The summed E-state index contributed by atoms with van der Waals surface area (Å²) >= 11 is 1.85. The number of fused-ring (bicyclic) bond motifs is 2. The van der Waals surface area contributed by atoms with Gasteiger partial charge in [0.25, 0.3) is 0 Å². The summed E-state index contributed by atoms with van der Waals surface area (Å²) in [5.41, 5.74) is 10.1. The summed E-state index contributed by atoms with van der Waals surface area (Å²) < 4.78 is 5.92. The molecule has 0 radical (unpaired) electrons. The van der Waals surface area contributed by atoms with E-state index >= 15 is 0 Å². The Morgan fingerprint density at radius 3 is 2.95 bits per heavy atom. The molecule has 20 heavy (non-hydrogen) atoms. The van der Waals surface area contributed by atoms with Crippen LogP contribution in [0.15, 0.2) is 34.7 Å². The standard InChI is InChI=1S/C17H17NOS/c1-10-5-6-13-12(7-10)8-14(19-13)17(18)16-9-11-3-2-4-15(11)20-16/h5-9,17H,2-4,18H2,1H3. The highest BCUT2D eigenvalue weighted by atomic mass is 32.1. The van der Waals surface area contributed by atoms with Gasteiger partial charge in [0, 0.05) is 15.1 Å². The molecule has 1 aromatic carbocycles. The third kappa shape index (κ3) is 1.89. The van der Waals surface area contributed by atoms with Gasteiger partial charge in [0.1, 0.15) is 11.3 Å². The molecular formula is C17H17NOS. The Hall–Kier alpha value is -1.58. The van der Waals surface area contributed by atoms with Gasteiger partial charge in [0.05, 0.1) is 6.04 Å². The van der Waals surface area contributed by atoms with Crippen LogP contribution in [0.2, 0.25) is 0 Å². The molecule has 2 N–H and O–H groups in total. The van der Waals surface area contributed by atoms with Crippen LogP contribution in [0.1, 0.15) is 39.1 Å². The molecule has 0 aliphatic heterocycles. The van der Waals surface area contributed by atoms with E-state index in [2.05, 4.69) is 31.2 Å². The number of rotatable bonds is 2. The average Bonchev–Trinajstić information content (AvgIpc) is 3.10. The topological polar surface area (TPSA) is 39.2 Å². The lowest BCUT2D eigenvalue weighted by Crippen LogP contribution is -2.08. The minimum atomic E-state index is -0.140. The number of hydrogen-bond donors (Lipinski definition) is 1. The Morgan fingerprint density at radius 1 is 1.20 bits per heavy atom. The first kappa shape index (κ1) is 12.2. The second-order valence-corrected chi connectivity index (χ2v) is 6.79. The first-order valence-corrected chi connectivity index (χ1v) is 7.89. The minimum absolute atomic E-state index is 0.140. The highest BCUT2D eigenvalue weighted by Crippen LogP contribution is 2.36. The van der Waals surface area contributed by atoms with E-state index in [-0.39, 0.29) is 6.04 Å². The molecule has 3 aromatic rings. The summed E-state index contributed by atoms with van der Waals surface area (Å²) in [4.78, 5) is 2.74. The summed E-state index contributed by atoms with van der Waals surface area (Å²) in [6, 6.07) is 10.5. The highest BCUT2D eigenvalue weighted by Gasteiger charge is 2.21. The normalized spacial score (nSPS) is 15.7. The van der Waals surface area contributed by atoms with Crippen molar-refractivity contribution < 1.29 is 4.42 Å². The van der Waals surface area contributed by atoms with Gasteiger partial charge in [-0.3, -0.25) is 0 Å². The molecule has 1 aliphatic carbocycles. The summed E-state index contributed by atoms with van der Waals surface area (Å²) in [7, 11) is 0. The van der Waals surface area contributed by atoms with E-state index in [1.165, 1.54) is 40.1 Å². The van der Waals surface area contributed by atoms with Gasteiger partial charge in [0.2, 0.25) is 0 Å². The van der Waals surface area contributed by atoms with Crippen LogP contribution in [-0.4, -0.2) is 0 Å². The van der Waals surface area contributed by atoms with Crippen LogP contribution in [0, 0.1) is 6.92 Å². The van der Waals surface area contributed by atoms with Crippen molar-refractivity contribution in [2.75, 3.05) is 0 Å². The molecule has 0 bridgehead atoms. The molecule has 2 aromatic heterocycles. The molecule has 1 unspecified atom stereocenters. The van der Waals surface area contributed by atoms with Gasteiger partial charge < -0.3 is 10.2 Å². The van der Waals surface area contributed by atoms with Crippen molar-refractivity contribution in [1.82, 2.24) is 0 Å². The fourth-order valence-corrected chi connectivity index (χ4v) is 4.25. The molecular weight excluding hydrogens is 266 g/mol. The lowest BCUT2D eigenvalue weighted by Gasteiger charge is -2.05. The van der Waals surface area contributed by atoms with Gasteiger partial charge in [-0.25, -0.2) is 0 Å². The Balaban J connectivity index is 1.73. The number of thiophene rings is 1. The van der Waals surface area contributed by atoms with E-state index in [9.17, 15) is 0 Å². The molecule has 1 aliphatic rings. The van der Waals surface area contributed by atoms with Gasteiger partial charge in [-0.15, -0.1) is 11.3 Å². The van der Waals surface area contributed by atoms with Gasteiger partial charge >= 0.3 is 0 Å². The van der Waals surface area contributed by atoms with Gasteiger partial charge in [-0.05, 0) is 56.0 Å². The molecule has 2 nitrogen and oxygen atoms in total. The van der Waals surface area contributed by atoms with Crippen LogP contribution < -0.4 is 5.73 Å². The highest BCUT2D eigenvalue weighted by molar-refractivity contribution is 7.12. The smallest absolute Gasteiger partial charge is 0.134 e. The van der Waals surface area contributed by atoms with E-state index in [0.29, 0.717) is 0 Å². The van der Waals surface area contributed by atoms with E-state index in [4.69, 9.17) is 10.2 Å². The largest absolute Gasteiger partial charge is 0.459 e. The van der Waals surface area contributed by atoms with Crippen molar-refractivity contribution in [3.8, 4) is 0 Å². The number of nitrogens with two attached hydrogens (primary N) is 1. The number of benzene rings is 1. The summed E-state index contributed by atoms with van der Waals surface area (Å²) in [5, 5.41) is 1.14. The summed E-state index contributed by atoms with van der Waals surface area (Å²) in [6.07, 6.45) is 3.71. The number of furan rings is 1. The van der Waals surface area contributed by atoms with Crippen molar-refractivity contribution in [3.63, 3.8) is 0 Å². The monoisotopic (exact) mass is 283 g/mol. The summed E-state index contributed by atoms with van der Waals surface area (Å²) in [6.45, 7) is 2.09. The van der Waals surface area contributed by atoms with E-state index in [1.54, 1.807) is 0 Å². The second kappa shape index (κ2) is 4.47. The van der Waals surface area contributed by atoms with Gasteiger partial charge in [0.15, 0.2) is 0 Å². The summed E-state index contributed by atoms with van der Waals surface area (Å²) in [5.74, 6) is 0.866. The fourth-order valence-electron chi connectivity index (χ4n) is 2.98. The van der Waals surface area contributed by atoms with Gasteiger partial charge in [-0.1, -0.05) is 11.6 Å². The van der Waals surface area contributed by atoms with Crippen molar-refractivity contribution in [2.45, 2.75) is 32.2 Å². The van der Waals surface area contributed by atoms with Crippen molar-refractivity contribution in [1.29, 1.82) is 0 Å². The maximum absolute atomic E-state index is 6.40. The molecule has 4 rings (SSSR count). The first-order chi connectivity index (χ1) is 9.70. The Kier molecular flexibility index (Phi) is 2.72. The van der Waals surface area contributed by atoms with E-state index in [1.807, 2.05) is 17.4 Å². The first-order valence-electron chi connectivity index (χ1n) is 7.08. The molecule has 1 atom stereocenters. The van der Waals surface area contributed by atoms with E-state index < -0.39 is 0 Å². The van der Waals surface area contributed by atoms with Crippen molar-refractivity contribution >= 4 is 22.3 Å². The van der Waals surface area contributed by atoms with Crippen LogP contribution >= 0.6 is 11.3 Å². The van der Waals surface area contributed by atoms with Crippen LogP contribution in [0.4, 0.5) is 0 Å². The number of hydrogen-bond acceptors (Lipinski definition) is 3. The SMILES string of the molecule is Cc1ccc2oc(C(N)c3cc4c(s3)CCC4)cc2c1. The maximum Gasteiger partial charge on any atom is 0.134 e.